The molecule has 4 heteroatoms. The van der Waals surface area contributed by atoms with Gasteiger partial charge >= 0.3 is 0 Å². The molecule has 0 fully saturated rings. The third-order valence-corrected chi connectivity index (χ3v) is 3.16. The first-order chi connectivity index (χ1) is 8.20. The van der Waals surface area contributed by atoms with E-state index in [4.69, 9.17) is 5.73 Å². The van der Waals surface area contributed by atoms with Crippen LogP contribution >= 0.6 is 0 Å². The zero-order chi connectivity index (χ0) is 12.3. The van der Waals surface area contributed by atoms with Crippen molar-refractivity contribution < 1.29 is 0 Å². The van der Waals surface area contributed by atoms with E-state index < -0.39 is 0 Å². The van der Waals surface area contributed by atoms with Crippen molar-refractivity contribution in [3.05, 3.63) is 42.2 Å². The van der Waals surface area contributed by atoms with Gasteiger partial charge in [-0.25, -0.2) is 4.98 Å². The molecular formula is C13H20N4. The summed E-state index contributed by atoms with van der Waals surface area (Å²) >= 11 is 0. The van der Waals surface area contributed by atoms with Gasteiger partial charge in [-0.3, -0.25) is 0 Å². The molecule has 4 nitrogen and oxygen atoms in total. The van der Waals surface area contributed by atoms with Crippen LogP contribution in [0.15, 0.2) is 30.9 Å². The zero-order valence-electron chi connectivity index (χ0n) is 10.5. The molecule has 2 aromatic heterocycles. The highest BCUT2D eigenvalue weighted by atomic mass is 15.0. The Bertz CT molecular complexity index is 469. The van der Waals surface area contributed by atoms with Crippen LogP contribution in [0.25, 0.3) is 0 Å². The average molecular weight is 232 g/mol. The Kier molecular flexibility index (Phi) is 3.64. The van der Waals surface area contributed by atoms with Crippen molar-refractivity contribution in [2.24, 2.45) is 12.8 Å². The Labute approximate surface area is 102 Å². The minimum absolute atomic E-state index is 0.157. The van der Waals surface area contributed by atoms with Crippen LogP contribution in [-0.2, 0) is 20.0 Å². The van der Waals surface area contributed by atoms with E-state index in [1.807, 2.05) is 19.4 Å². The molecule has 17 heavy (non-hydrogen) atoms. The highest BCUT2D eigenvalue weighted by Gasteiger charge is 2.05. The third kappa shape index (κ3) is 2.77. The summed E-state index contributed by atoms with van der Waals surface area (Å²) in [5.74, 6) is 1.11. The molecule has 2 rings (SSSR count). The SMILES string of the molecule is CCC(N)c1ccn(CCc2nccn2C)c1. The van der Waals surface area contributed by atoms with Crippen LogP contribution in [0, 0.1) is 0 Å². The standard InChI is InChI=1S/C13H20N4/c1-3-12(14)11-4-7-17(10-11)8-5-13-15-6-9-16(13)2/h4,6-7,9-10,12H,3,5,8,14H2,1-2H3. The molecule has 2 heterocycles. The summed E-state index contributed by atoms with van der Waals surface area (Å²) in [6.07, 6.45) is 9.96. The molecule has 0 radical (unpaired) electrons. The summed E-state index contributed by atoms with van der Waals surface area (Å²) in [5, 5.41) is 0. The molecule has 92 valence electrons. The van der Waals surface area contributed by atoms with Crippen molar-refractivity contribution in [3.63, 3.8) is 0 Å². The van der Waals surface area contributed by atoms with E-state index in [1.54, 1.807) is 0 Å². The molecule has 1 unspecified atom stereocenters. The molecular weight excluding hydrogens is 212 g/mol. The predicted octanol–water partition coefficient (Wildman–Crippen LogP) is 1.87. The molecule has 2 N–H and O–H groups in total. The minimum atomic E-state index is 0.157. The Morgan fingerprint density at radius 3 is 2.88 bits per heavy atom. The van der Waals surface area contributed by atoms with Crippen LogP contribution in [0.1, 0.15) is 30.8 Å². The van der Waals surface area contributed by atoms with Crippen molar-refractivity contribution in [1.29, 1.82) is 0 Å². The summed E-state index contributed by atoms with van der Waals surface area (Å²) < 4.78 is 4.24. The first-order valence-electron chi connectivity index (χ1n) is 6.08. The normalized spacial score (nSPS) is 12.9. The Hall–Kier alpha value is -1.55. The maximum absolute atomic E-state index is 5.99. The van der Waals surface area contributed by atoms with Crippen molar-refractivity contribution in [2.45, 2.75) is 32.4 Å². The topological polar surface area (TPSA) is 48.8 Å². The fraction of sp³-hybridized carbons (Fsp3) is 0.462. The molecule has 0 aliphatic carbocycles. The molecule has 0 aromatic carbocycles. The molecule has 2 aromatic rings. The quantitative estimate of drug-likeness (QED) is 0.855. The fourth-order valence-electron chi connectivity index (χ4n) is 1.92. The van der Waals surface area contributed by atoms with Gasteiger partial charge < -0.3 is 14.9 Å². The third-order valence-electron chi connectivity index (χ3n) is 3.16. The summed E-state index contributed by atoms with van der Waals surface area (Å²) in [7, 11) is 2.02. The first kappa shape index (κ1) is 11.9. The molecule has 1 atom stereocenters. The number of nitrogens with two attached hydrogens (primary N) is 1. The second-order valence-corrected chi connectivity index (χ2v) is 4.40. The second kappa shape index (κ2) is 5.19. The number of nitrogens with zero attached hydrogens (tertiary/aromatic N) is 3. The molecule has 0 amide bonds. The van der Waals surface area contributed by atoms with Crippen LogP contribution < -0.4 is 5.73 Å². The van der Waals surface area contributed by atoms with Crippen molar-refractivity contribution in [1.82, 2.24) is 14.1 Å². The Morgan fingerprint density at radius 1 is 1.41 bits per heavy atom. The highest BCUT2D eigenvalue weighted by Crippen LogP contribution is 2.14. The van der Waals surface area contributed by atoms with Gasteiger partial charge in [0.2, 0.25) is 0 Å². The van der Waals surface area contributed by atoms with E-state index in [2.05, 4.69) is 39.5 Å². The number of hydrogen-bond acceptors (Lipinski definition) is 2. The Morgan fingerprint density at radius 2 is 2.24 bits per heavy atom. The molecule has 0 aliphatic rings. The zero-order valence-corrected chi connectivity index (χ0v) is 10.5. The van der Waals surface area contributed by atoms with E-state index >= 15 is 0 Å². The predicted molar refractivity (Wildman–Crippen MR) is 68.6 cm³/mol. The first-order valence-corrected chi connectivity index (χ1v) is 6.08. The van der Waals surface area contributed by atoms with Crippen molar-refractivity contribution >= 4 is 0 Å². The van der Waals surface area contributed by atoms with Gasteiger partial charge in [0, 0.05) is 50.8 Å². The summed E-state index contributed by atoms with van der Waals surface area (Å²) in [4.78, 5) is 4.31. The average Bonchev–Trinajstić information content (AvgIpc) is 2.94. The number of rotatable bonds is 5. The van der Waals surface area contributed by atoms with E-state index in [0.717, 1.165) is 25.2 Å². The van der Waals surface area contributed by atoms with Gasteiger partial charge in [-0.15, -0.1) is 0 Å². The van der Waals surface area contributed by atoms with Crippen molar-refractivity contribution in [2.75, 3.05) is 0 Å². The summed E-state index contributed by atoms with van der Waals surface area (Å²) in [6, 6.07) is 2.26. The van der Waals surface area contributed by atoms with Crippen LogP contribution in [-0.4, -0.2) is 14.1 Å². The monoisotopic (exact) mass is 232 g/mol. The second-order valence-electron chi connectivity index (χ2n) is 4.40. The lowest BCUT2D eigenvalue weighted by molar-refractivity contribution is 0.644. The number of aryl methyl sites for hydroxylation is 3. The fourth-order valence-corrected chi connectivity index (χ4v) is 1.92. The Balaban J connectivity index is 1.96. The van der Waals surface area contributed by atoms with Gasteiger partial charge in [0.15, 0.2) is 0 Å². The van der Waals surface area contributed by atoms with Crippen LogP contribution in [0.4, 0.5) is 0 Å². The van der Waals surface area contributed by atoms with E-state index in [1.165, 1.54) is 5.56 Å². The van der Waals surface area contributed by atoms with Gasteiger partial charge in [0.25, 0.3) is 0 Å². The molecule has 0 bridgehead atoms. The molecule has 0 saturated heterocycles. The molecule has 0 saturated carbocycles. The molecule has 0 spiro atoms. The lowest BCUT2D eigenvalue weighted by atomic mass is 10.1. The minimum Gasteiger partial charge on any atom is -0.353 e. The van der Waals surface area contributed by atoms with Gasteiger partial charge in [-0.1, -0.05) is 6.92 Å². The van der Waals surface area contributed by atoms with E-state index in [-0.39, 0.29) is 6.04 Å². The maximum atomic E-state index is 5.99. The summed E-state index contributed by atoms with van der Waals surface area (Å²) in [5.41, 5.74) is 7.21. The van der Waals surface area contributed by atoms with Crippen LogP contribution in [0.5, 0.6) is 0 Å². The lowest BCUT2D eigenvalue weighted by Crippen LogP contribution is -2.08. The highest BCUT2D eigenvalue weighted by molar-refractivity contribution is 5.14. The summed E-state index contributed by atoms with van der Waals surface area (Å²) in [6.45, 7) is 3.05. The van der Waals surface area contributed by atoms with Crippen molar-refractivity contribution in [3.8, 4) is 0 Å². The lowest BCUT2D eigenvalue weighted by Gasteiger charge is -2.06. The van der Waals surface area contributed by atoms with E-state index in [0.29, 0.717) is 0 Å². The number of aromatic nitrogens is 3. The van der Waals surface area contributed by atoms with Gasteiger partial charge in [-0.2, -0.15) is 0 Å². The van der Waals surface area contributed by atoms with E-state index in [9.17, 15) is 0 Å². The van der Waals surface area contributed by atoms with Gasteiger partial charge in [0.05, 0.1) is 0 Å². The van der Waals surface area contributed by atoms with Gasteiger partial charge in [0.1, 0.15) is 5.82 Å². The number of imidazole rings is 1. The number of hydrogen-bond donors (Lipinski definition) is 1. The van der Waals surface area contributed by atoms with Crippen LogP contribution in [0.3, 0.4) is 0 Å². The smallest absolute Gasteiger partial charge is 0.110 e. The molecule has 0 aliphatic heterocycles. The largest absolute Gasteiger partial charge is 0.353 e. The maximum Gasteiger partial charge on any atom is 0.110 e. The van der Waals surface area contributed by atoms with Crippen LogP contribution in [0.2, 0.25) is 0 Å². The van der Waals surface area contributed by atoms with Gasteiger partial charge in [-0.05, 0) is 18.1 Å².